The van der Waals surface area contributed by atoms with Gasteiger partial charge in [-0.15, -0.1) is 0 Å². The molecule has 0 amide bonds. The Bertz CT molecular complexity index is 607. The maximum atomic E-state index is 12.2. The van der Waals surface area contributed by atoms with Crippen LogP contribution in [-0.2, 0) is 19.1 Å². The van der Waals surface area contributed by atoms with Crippen molar-refractivity contribution in [2.75, 3.05) is 11.9 Å². The van der Waals surface area contributed by atoms with Crippen LogP contribution in [-0.4, -0.2) is 30.0 Å². The molecule has 42 heavy (non-hydrogen) atoms. The molecule has 0 heterocycles. The molecule has 0 bridgehead atoms. The number of carbonyl (C=O) groups is 2. The van der Waals surface area contributed by atoms with Gasteiger partial charge in [0.25, 0.3) is 0 Å². The van der Waals surface area contributed by atoms with Crippen LogP contribution in [0.25, 0.3) is 0 Å². The highest BCUT2D eigenvalue weighted by molar-refractivity contribution is 9.09. The predicted molar refractivity (Wildman–Crippen MR) is 184 cm³/mol. The molecule has 0 aliphatic carbocycles. The summed E-state index contributed by atoms with van der Waals surface area (Å²) in [5.41, 5.74) is 0. The van der Waals surface area contributed by atoms with Crippen molar-refractivity contribution < 1.29 is 19.1 Å². The minimum absolute atomic E-state index is 0.140. The Hall–Kier alpha value is -0.840. The second kappa shape index (κ2) is 34.6. The number of carbonyl (C=O) groups excluding carboxylic acids is 2. The number of ether oxygens (including phenoxy) is 2. The number of hydrogen-bond acceptors (Lipinski definition) is 4. The maximum Gasteiger partial charge on any atom is 0.306 e. The summed E-state index contributed by atoms with van der Waals surface area (Å²) in [6, 6.07) is 0. The Morgan fingerprint density at radius 1 is 0.524 bits per heavy atom. The van der Waals surface area contributed by atoms with E-state index in [1.807, 2.05) is 0 Å². The first-order valence-electron chi connectivity index (χ1n) is 18.2. The highest BCUT2D eigenvalue weighted by Gasteiger charge is 2.15. The van der Waals surface area contributed by atoms with Gasteiger partial charge in [0, 0.05) is 18.2 Å². The Labute approximate surface area is 270 Å². The van der Waals surface area contributed by atoms with Gasteiger partial charge in [-0.25, -0.2) is 0 Å². The van der Waals surface area contributed by atoms with Crippen LogP contribution in [0, 0.1) is 0 Å². The highest BCUT2D eigenvalue weighted by Crippen LogP contribution is 2.14. The van der Waals surface area contributed by atoms with E-state index in [0.717, 1.165) is 32.1 Å². The number of unbranched alkanes of at least 4 members (excludes halogenated alkanes) is 23. The number of esters is 2. The molecule has 0 spiro atoms. The van der Waals surface area contributed by atoms with Gasteiger partial charge in [-0.05, 0) is 38.5 Å². The van der Waals surface area contributed by atoms with E-state index in [9.17, 15) is 9.59 Å². The standard InChI is InChI=1S/C37H69BrO4/c1-3-5-7-9-11-13-15-17-18-20-22-24-26-28-30-32-37(40)42-35(33-38)34-41-36(39)31-29-27-25-23-21-19-16-14-12-10-8-6-4-2/h17-18,35H,3-16,19-34H2,1-2H3/b18-17+. The van der Waals surface area contributed by atoms with E-state index in [-0.39, 0.29) is 18.5 Å². The van der Waals surface area contributed by atoms with Crippen LogP contribution in [0.5, 0.6) is 0 Å². The van der Waals surface area contributed by atoms with Crippen molar-refractivity contribution in [3.05, 3.63) is 12.2 Å². The number of hydrogen-bond donors (Lipinski definition) is 0. The molecular formula is C37H69BrO4. The summed E-state index contributed by atoms with van der Waals surface area (Å²) in [5.74, 6) is -0.373. The molecule has 0 aromatic heterocycles. The molecular weight excluding hydrogens is 588 g/mol. The minimum Gasteiger partial charge on any atom is -0.462 e. The van der Waals surface area contributed by atoms with Crippen molar-refractivity contribution in [1.82, 2.24) is 0 Å². The quantitative estimate of drug-likeness (QED) is 0.0305. The van der Waals surface area contributed by atoms with E-state index in [1.54, 1.807) is 0 Å². The second-order valence-corrected chi connectivity index (χ2v) is 12.9. The van der Waals surface area contributed by atoms with Gasteiger partial charge < -0.3 is 9.47 Å². The zero-order chi connectivity index (χ0) is 30.8. The molecule has 0 aliphatic heterocycles. The van der Waals surface area contributed by atoms with E-state index >= 15 is 0 Å². The normalized spacial score (nSPS) is 12.2. The number of alkyl halides is 1. The monoisotopic (exact) mass is 656 g/mol. The zero-order valence-corrected chi connectivity index (χ0v) is 29.5. The van der Waals surface area contributed by atoms with E-state index in [1.165, 1.54) is 135 Å². The Kier molecular flexibility index (Phi) is 34.0. The summed E-state index contributed by atoms with van der Waals surface area (Å²) in [6.45, 7) is 4.67. The van der Waals surface area contributed by atoms with Gasteiger partial charge >= 0.3 is 11.9 Å². The highest BCUT2D eigenvalue weighted by atomic mass is 79.9. The van der Waals surface area contributed by atoms with E-state index in [4.69, 9.17) is 9.47 Å². The molecule has 0 aliphatic rings. The lowest BCUT2D eigenvalue weighted by Gasteiger charge is -2.15. The van der Waals surface area contributed by atoms with Gasteiger partial charge in [0.15, 0.2) is 0 Å². The fourth-order valence-corrected chi connectivity index (χ4v) is 5.56. The zero-order valence-electron chi connectivity index (χ0n) is 28.0. The maximum absolute atomic E-state index is 12.2. The largest absolute Gasteiger partial charge is 0.462 e. The predicted octanol–water partition coefficient (Wildman–Crippen LogP) is 12.4. The van der Waals surface area contributed by atoms with Crippen LogP contribution in [0.2, 0.25) is 0 Å². The van der Waals surface area contributed by atoms with Crippen molar-refractivity contribution in [2.45, 2.75) is 200 Å². The fraction of sp³-hybridized carbons (Fsp3) is 0.892. The Morgan fingerprint density at radius 2 is 0.881 bits per heavy atom. The average Bonchev–Trinajstić information content (AvgIpc) is 2.99. The number of rotatable bonds is 33. The molecule has 0 rings (SSSR count). The smallest absolute Gasteiger partial charge is 0.306 e. The van der Waals surface area contributed by atoms with Crippen molar-refractivity contribution in [1.29, 1.82) is 0 Å². The minimum atomic E-state index is -0.406. The molecule has 0 aromatic carbocycles. The van der Waals surface area contributed by atoms with Crippen molar-refractivity contribution >= 4 is 27.9 Å². The van der Waals surface area contributed by atoms with Gasteiger partial charge in [-0.3, -0.25) is 9.59 Å². The first-order chi connectivity index (χ1) is 20.6. The van der Waals surface area contributed by atoms with Gasteiger partial charge in [0.2, 0.25) is 0 Å². The number of halogens is 1. The summed E-state index contributed by atoms with van der Waals surface area (Å²) in [4.78, 5) is 24.3. The van der Waals surface area contributed by atoms with Gasteiger partial charge in [-0.2, -0.15) is 0 Å². The first kappa shape index (κ1) is 41.2. The summed E-state index contributed by atoms with van der Waals surface area (Å²) in [7, 11) is 0. The molecule has 0 saturated carbocycles. The Morgan fingerprint density at radius 3 is 1.29 bits per heavy atom. The molecule has 0 N–H and O–H groups in total. The third-order valence-electron chi connectivity index (χ3n) is 8.03. The van der Waals surface area contributed by atoms with Crippen LogP contribution in [0.15, 0.2) is 12.2 Å². The van der Waals surface area contributed by atoms with Crippen LogP contribution < -0.4 is 0 Å². The summed E-state index contributed by atoms with van der Waals surface area (Å²) >= 11 is 3.39. The van der Waals surface area contributed by atoms with Crippen LogP contribution >= 0.6 is 15.9 Å². The molecule has 0 radical (unpaired) electrons. The molecule has 0 fully saturated rings. The average molecular weight is 658 g/mol. The van der Waals surface area contributed by atoms with Crippen LogP contribution in [0.3, 0.4) is 0 Å². The lowest BCUT2D eigenvalue weighted by Crippen LogP contribution is -2.26. The van der Waals surface area contributed by atoms with Crippen molar-refractivity contribution in [2.24, 2.45) is 0 Å². The Balaban J connectivity index is 3.55. The van der Waals surface area contributed by atoms with E-state index < -0.39 is 6.10 Å². The topological polar surface area (TPSA) is 52.6 Å². The van der Waals surface area contributed by atoms with Crippen LogP contribution in [0.4, 0.5) is 0 Å². The SMILES string of the molecule is CCCCCCCC/C=C/CCCCCCCC(=O)OC(CBr)COC(=O)CCCCCCCCCCCCCCC. The molecule has 1 unspecified atom stereocenters. The van der Waals surface area contributed by atoms with Crippen molar-refractivity contribution in [3.63, 3.8) is 0 Å². The molecule has 0 saturated heterocycles. The third kappa shape index (κ3) is 32.1. The van der Waals surface area contributed by atoms with Gasteiger partial charge in [0.05, 0.1) is 0 Å². The molecule has 4 nitrogen and oxygen atoms in total. The molecule has 0 aromatic rings. The van der Waals surface area contributed by atoms with E-state index in [2.05, 4.69) is 41.9 Å². The lowest BCUT2D eigenvalue weighted by atomic mass is 10.0. The molecule has 1 atom stereocenters. The first-order valence-corrected chi connectivity index (χ1v) is 19.3. The van der Waals surface area contributed by atoms with Crippen LogP contribution in [0.1, 0.15) is 194 Å². The third-order valence-corrected chi connectivity index (χ3v) is 8.75. The second-order valence-electron chi connectivity index (χ2n) is 12.3. The van der Waals surface area contributed by atoms with Gasteiger partial charge in [0.1, 0.15) is 12.7 Å². The van der Waals surface area contributed by atoms with E-state index in [0.29, 0.717) is 18.2 Å². The lowest BCUT2D eigenvalue weighted by molar-refractivity contribution is -0.157. The summed E-state index contributed by atoms with van der Waals surface area (Å²) < 4.78 is 10.9. The summed E-state index contributed by atoms with van der Waals surface area (Å²) in [5, 5.41) is 0.483. The van der Waals surface area contributed by atoms with Crippen molar-refractivity contribution in [3.8, 4) is 0 Å². The number of allylic oxidation sites excluding steroid dienone is 2. The fourth-order valence-electron chi connectivity index (χ4n) is 5.24. The molecule has 248 valence electrons. The summed E-state index contributed by atoms with van der Waals surface area (Å²) in [6.07, 6.45) is 38.0. The van der Waals surface area contributed by atoms with Gasteiger partial charge in [-0.1, -0.05) is 170 Å². The molecule has 5 heteroatoms.